The summed E-state index contributed by atoms with van der Waals surface area (Å²) in [6.45, 7) is 8.37. The van der Waals surface area contributed by atoms with Gasteiger partial charge in [-0.3, -0.25) is 9.78 Å². The molecule has 1 aromatic heterocycles. The van der Waals surface area contributed by atoms with Crippen LogP contribution in [0.2, 0.25) is 0 Å². The molecule has 0 aliphatic carbocycles. The van der Waals surface area contributed by atoms with Gasteiger partial charge in [-0.15, -0.1) is 0 Å². The van der Waals surface area contributed by atoms with Crippen LogP contribution in [0.4, 0.5) is 0 Å². The standard InChI is InChI=1S/C16H24N2O3/c1-11-6-5-7-12(18-11)16(20)8-9-17-10-13(16)21-14(19)15(2,3)4/h5-7,13,17,20H,8-10H2,1-4H3/t13-,16-/m0/s1. The number of ether oxygens (including phenoxy) is 1. The van der Waals surface area contributed by atoms with Gasteiger partial charge in [0.25, 0.3) is 0 Å². The first kappa shape index (κ1) is 15.9. The monoisotopic (exact) mass is 292 g/mol. The van der Waals surface area contributed by atoms with Crippen LogP contribution in [0.1, 0.15) is 38.6 Å². The maximum atomic E-state index is 12.1. The van der Waals surface area contributed by atoms with Crippen molar-refractivity contribution in [3.8, 4) is 0 Å². The molecule has 0 saturated carbocycles. The second-order valence-electron chi connectivity index (χ2n) is 6.69. The number of carbonyl (C=O) groups excluding carboxylic acids is 1. The van der Waals surface area contributed by atoms with Gasteiger partial charge in [-0.2, -0.15) is 0 Å². The van der Waals surface area contributed by atoms with Gasteiger partial charge in [-0.1, -0.05) is 6.07 Å². The first-order valence-electron chi connectivity index (χ1n) is 7.32. The molecule has 116 valence electrons. The Balaban J connectivity index is 2.28. The first-order chi connectivity index (χ1) is 9.73. The number of rotatable bonds is 2. The molecule has 0 radical (unpaired) electrons. The predicted octanol–water partition coefficient (Wildman–Crippen LogP) is 1.53. The number of aromatic nitrogens is 1. The van der Waals surface area contributed by atoms with Crippen molar-refractivity contribution < 1.29 is 14.6 Å². The minimum Gasteiger partial charge on any atom is -0.457 e. The Labute approximate surface area is 125 Å². The molecule has 1 aliphatic rings. The zero-order valence-corrected chi connectivity index (χ0v) is 13.1. The Morgan fingerprint density at radius 1 is 1.48 bits per heavy atom. The van der Waals surface area contributed by atoms with Crippen LogP contribution in [0.5, 0.6) is 0 Å². The fourth-order valence-electron chi connectivity index (χ4n) is 2.36. The van der Waals surface area contributed by atoms with Gasteiger partial charge in [0.05, 0.1) is 11.1 Å². The Morgan fingerprint density at radius 2 is 2.19 bits per heavy atom. The van der Waals surface area contributed by atoms with Crippen LogP contribution >= 0.6 is 0 Å². The largest absolute Gasteiger partial charge is 0.457 e. The number of aliphatic hydroxyl groups is 1. The molecule has 1 aromatic rings. The van der Waals surface area contributed by atoms with Gasteiger partial charge in [-0.05, 0) is 52.8 Å². The van der Waals surface area contributed by atoms with Gasteiger partial charge in [0, 0.05) is 12.2 Å². The Kier molecular flexibility index (Phi) is 4.35. The Hall–Kier alpha value is -1.46. The molecule has 2 heterocycles. The minimum atomic E-state index is -1.24. The molecule has 2 rings (SSSR count). The van der Waals surface area contributed by atoms with E-state index < -0.39 is 17.1 Å². The van der Waals surface area contributed by atoms with Crippen molar-refractivity contribution in [2.75, 3.05) is 13.1 Å². The van der Waals surface area contributed by atoms with Gasteiger partial charge in [0.1, 0.15) is 11.7 Å². The maximum absolute atomic E-state index is 12.1. The second kappa shape index (κ2) is 5.73. The van der Waals surface area contributed by atoms with E-state index in [0.29, 0.717) is 25.2 Å². The van der Waals surface area contributed by atoms with E-state index in [-0.39, 0.29) is 5.97 Å². The van der Waals surface area contributed by atoms with Gasteiger partial charge >= 0.3 is 5.97 Å². The number of pyridine rings is 1. The van der Waals surface area contributed by atoms with E-state index in [0.717, 1.165) is 5.69 Å². The van der Waals surface area contributed by atoms with Crippen molar-refractivity contribution in [1.82, 2.24) is 10.3 Å². The molecule has 21 heavy (non-hydrogen) atoms. The first-order valence-corrected chi connectivity index (χ1v) is 7.32. The highest BCUT2D eigenvalue weighted by molar-refractivity contribution is 5.75. The number of piperidine rings is 1. The van der Waals surface area contributed by atoms with E-state index in [1.807, 2.05) is 19.1 Å². The number of esters is 1. The fourth-order valence-corrected chi connectivity index (χ4v) is 2.36. The van der Waals surface area contributed by atoms with E-state index in [9.17, 15) is 9.90 Å². The quantitative estimate of drug-likeness (QED) is 0.809. The molecule has 0 bridgehead atoms. The number of nitrogens with one attached hydrogen (secondary N) is 1. The lowest BCUT2D eigenvalue weighted by Crippen LogP contribution is -2.55. The number of hydrogen-bond donors (Lipinski definition) is 2. The average Bonchev–Trinajstić information content (AvgIpc) is 2.40. The summed E-state index contributed by atoms with van der Waals surface area (Å²) >= 11 is 0. The van der Waals surface area contributed by atoms with Crippen molar-refractivity contribution in [2.45, 2.75) is 45.8 Å². The predicted molar refractivity (Wildman–Crippen MR) is 79.7 cm³/mol. The average molecular weight is 292 g/mol. The van der Waals surface area contributed by atoms with Crippen molar-refractivity contribution in [3.05, 3.63) is 29.6 Å². The lowest BCUT2D eigenvalue weighted by molar-refractivity contribution is -0.180. The highest BCUT2D eigenvalue weighted by Crippen LogP contribution is 2.33. The van der Waals surface area contributed by atoms with Crippen molar-refractivity contribution in [2.24, 2.45) is 5.41 Å². The summed E-state index contributed by atoms with van der Waals surface area (Å²) in [5.74, 6) is -0.317. The van der Waals surface area contributed by atoms with Crippen LogP contribution < -0.4 is 5.32 Å². The molecular weight excluding hydrogens is 268 g/mol. The third kappa shape index (κ3) is 3.41. The topological polar surface area (TPSA) is 71.4 Å². The van der Waals surface area contributed by atoms with Crippen LogP contribution in [0.3, 0.4) is 0 Å². The summed E-state index contributed by atoms with van der Waals surface area (Å²) in [6, 6.07) is 5.53. The maximum Gasteiger partial charge on any atom is 0.311 e. The van der Waals surface area contributed by atoms with Crippen LogP contribution in [-0.2, 0) is 15.1 Å². The molecule has 1 fully saturated rings. The van der Waals surface area contributed by atoms with E-state index in [2.05, 4.69) is 10.3 Å². The molecular formula is C16H24N2O3. The molecule has 0 amide bonds. The molecule has 2 atom stereocenters. The molecule has 0 aromatic carbocycles. The van der Waals surface area contributed by atoms with E-state index in [1.54, 1.807) is 26.8 Å². The number of aryl methyl sites for hydroxylation is 1. The third-order valence-electron chi connectivity index (χ3n) is 3.74. The lowest BCUT2D eigenvalue weighted by Gasteiger charge is -2.40. The molecule has 0 spiro atoms. The number of nitrogens with zero attached hydrogens (tertiary/aromatic N) is 1. The van der Waals surface area contributed by atoms with E-state index >= 15 is 0 Å². The Bertz CT molecular complexity index is 524. The van der Waals surface area contributed by atoms with Crippen LogP contribution in [0.15, 0.2) is 18.2 Å². The minimum absolute atomic E-state index is 0.317. The van der Waals surface area contributed by atoms with Crippen LogP contribution in [0, 0.1) is 12.3 Å². The molecule has 1 aliphatic heterocycles. The lowest BCUT2D eigenvalue weighted by atomic mass is 9.85. The normalized spacial score (nSPS) is 26.4. The zero-order valence-electron chi connectivity index (χ0n) is 13.1. The summed E-state index contributed by atoms with van der Waals surface area (Å²) in [5, 5.41) is 14.2. The van der Waals surface area contributed by atoms with Gasteiger partial charge in [-0.25, -0.2) is 0 Å². The molecule has 5 heteroatoms. The van der Waals surface area contributed by atoms with E-state index in [1.165, 1.54) is 0 Å². The summed E-state index contributed by atoms with van der Waals surface area (Å²) < 4.78 is 5.57. The third-order valence-corrected chi connectivity index (χ3v) is 3.74. The molecule has 1 saturated heterocycles. The summed E-state index contributed by atoms with van der Waals surface area (Å²) in [7, 11) is 0. The number of hydrogen-bond acceptors (Lipinski definition) is 5. The van der Waals surface area contributed by atoms with E-state index in [4.69, 9.17) is 4.74 Å². The fraction of sp³-hybridized carbons (Fsp3) is 0.625. The SMILES string of the molecule is Cc1cccc([C@@]2(O)CCNC[C@@H]2OC(=O)C(C)(C)C)n1. The van der Waals surface area contributed by atoms with Crippen molar-refractivity contribution >= 4 is 5.97 Å². The summed E-state index contributed by atoms with van der Waals surface area (Å²) in [4.78, 5) is 16.6. The van der Waals surface area contributed by atoms with Gasteiger partial charge in [0.2, 0.25) is 0 Å². The van der Waals surface area contributed by atoms with Gasteiger partial charge < -0.3 is 15.2 Å². The highest BCUT2D eigenvalue weighted by Gasteiger charge is 2.45. The zero-order chi connectivity index (χ0) is 15.7. The van der Waals surface area contributed by atoms with Crippen LogP contribution in [0.25, 0.3) is 0 Å². The molecule has 0 unspecified atom stereocenters. The smallest absolute Gasteiger partial charge is 0.311 e. The molecule has 5 nitrogen and oxygen atoms in total. The Morgan fingerprint density at radius 3 is 2.81 bits per heavy atom. The second-order valence-corrected chi connectivity index (χ2v) is 6.69. The van der Waals surface area contributed by atoms with Crippen molar-refractivity contribution in [3.63, 3.8) is 0 Å². The summed E-state index contributed by atoms with van der Waals surface area (Å²) in [5.41, 5.74) is -0.438. The van der Waals surface area contributed by atoms with Crippen molar-refractivity contribution in [1.29, 1.82) is 0 Å². The molecule has 2 N–H and O–H groups in total. The highest BCUT2D eigenvalue weighted by atomic mass is 16.6. The van der Waals surface area contributed by atoms with Gasteiger partial charge in [0.15, 0.2) is 0 Å². The summed E-state index contributed by atoms with van der Waals surface area (Å²) in [6.07, 6.45) is -0.168. The number of carbonyl (C=O) groups is 1. The van der Waals surface area contributed by atoms with Crippen LogP contribution in [-0.4, -0.2) is 35.3 Å².